The Morgan fingerprint density at radius 3 is 2.60 bits per heavy atom. The minimum atomic E-state index is 0.159. The van der Waals surface area contributed by atoms with E-state index >= 15 is 0 Å². The number of fused-ring (bicyclic) bond motifs is 1. The van der Waals surface area contributed by atoms with Crippen LogP contribution in [0.5, 0.6) is 11.5 Å². The van der Waals surface area contributed by atoms with Gasteiger partial charge in [-0.3, -0.25) is 0 Å². The van der Waals surface area contributed by atoms with Crippen LogP contribution in [0.3, 0.4) is 0 Å². The number of aromatic nitrogens is 2. The molecule has 0 saturated carbocycles. The van der Waals surface area contributed by atoms with Gasteiger partial charge in [-0.2, -0.15) is 0 Å². The summed E-state index contributed by atoms with van der Waals surface area (Å²) in [5.41, 5.74) is 1.28. The van der Waals surface area contributed by atoms with Crippen molar-refractivity contribution in [2.75, 3.05) is 0 Å². The fraction of sp³-hybridized carbons (Fsp3) is 0.0714. The van der Waals surface area contributed by atoms with Crippen molar-refractivity contribution in [3.8, 4) is 11.5 Å². The van der Waals surface area contributed by atoms with Crippen LogP contribution in [0.2, 0.25) is 10.0 Å². The number of halogens is 2. The topological polar surface area (TPSA) is 58.1 Å². The minimum absolute atomic E-state index is 0.159. The summed E-state index contributed by atoms with van der Waals surface area (Å²) in [5.74, 6) is 1.33. The molecule has 3 rings (SSSR count). The molecule has 6 heteroatoms. The lowest BCUT2D eigenvalue weighted by Crippen LogP contribution is -1.97. The largest absolute Gasteiger partial charge is 0.506 e. The molecule has 0 saturated heterocycles. The van der Waals surface area contributed by atoms with Gasteiger partial charge in [-0.15, -0.1) is 0 Å². The molecule has 0 atom stereocenters. The molecule has 102 valence electrons. The number of hydrogen-bond acceptors (Lipinski definition) is 3. The fourth-order valence-corrected chi connectivity index (χ4v) is 2.41. The molecule has 0 unspecified atom stereocenters. The molecular weight excluding hydrogens is 299 g/mol. The van der Waals surface area contributed by atoms with Crippen molar-refractivity contribution in [1.82, 2.24) is 9.97 Å². The average Bonchev–Trinajstić information content (AvgIpc) is 2.80. The van der Waals surface area contributed by atoms with Crippen LogP contribution in [0.4, 0.5) is 0 Å². The van der Waals surface area contributed by atoms with E-state index in [0.29, 0.717) is 32.7 Å². The third-order valence-electron chi connectivity index (χ3n) is 2.76. The smallest absolute Gasteiger partial charge is 0.146 e. The summed E-state index contributed by atoms with van der Waals surface area (Å²) in [6.07, 6.45) is 0. The zero-order valence-corrected chi connectivity index (χ0v) is 11.7. The van der Waals surface area contributed by atoms with Gasteiger partial charge in [0.25, 0.3) is 0 Å². The number of aromatic hydroxyl groups is 1. The number of benzene rings is 2. The van der Waals surface area contributed by atoms with Crippen molar-refractivity contribution >= 4 is 34.2 Å². The Balaban J connectivity index is 1.81. The van der Waals surface area contributed by atoms with Crippen LogP contribution in [0.25, 0.3) is 11.0 Å². The summed E-state index contributed by atoms with van der Waals surface area (Å²) < 4.78 is 5.58. The third-order valence-corrected chi connectivity index (χ3v) is 3.19. The number of phenols is 1. The Hall–Kier alpha value is -1.91. The highest BCUT2D eigenvalue weighted by Gasteiger charge is 2.07. The lowest BCUT2D eigenvalue weighted by Gasteiger charge is -2.05. The van der Waals surface area contributed by atoms with E-state index in [4.69, 9.17) is 27.9 Å². The maximum atomic E-state index is 9.70. The Bertz CT molecular complexity index is 751. The Kier molecular flexibility index (Phi) is 3.42. The van der Waals surface area contributed by atoms with Crippen molar-refractivity contribution in [2.24, 2.45) is 0 Å². The fourth-order valence-electron chi connectivity index (χ4n) is 1.90. The van der Waals surface area contributed by atoms with Crippen LogP contribution in [0, 0.1) is 0 Å². The molecule has 2 aromatic carbocycles. The molecule has 20 heavy (non-hydrogen) atoms. The predicted molar refractivity (Wildman–Crippen MR) is 78.6 cm³/mol. The number of hydrogen-bond donors (Lipinski definition) is 2. The number of rotatable bonds is 3. The molecule has 0 amide bonds. The predicted octanol–water partition coefficient (Wildman–Crippen LogP) is 4.15. The summed E-state index contributed by atoms with van der Waals surface area (Å²) in [5, 5.41) is 10.7. The highest BCUT2D eigenvalue weighted by molar-refractivity contribution is 6.34. The zero-order chi connectivity index (χ0) is 14.1. The molecule has 2 N–H and O–H groups in total. The Morgan fingerprint density at radius 1 is 1.15 bits per heavy atom. The second-order valence-electron chi connectivity index (χ2n) is 4.25. The van der Waals surface area contributed by atoms with Crippen LogP contribution in [0.1, 0.15) is 5.82 Å². The molecule has 1 heterocycles. The van der Waals surface area contributed by atoms with Gasteiger partial charge in [0, 0.05) is 10.0 Å². The van der Waals surface area contributed by atoms with Crippen LogP contribution in [-0.4, -0.2) is 15.1 Å². The minimum Gasteiger partial charge on any atom is -0.506 e. The first-order valence-electron chi connectivity index (χ1n) is 5.87. The average molecular weight is 309 g/mol. The van der Waals surface area contributed by atoms with Crippen molar-refractivity contribution in [2.45, 2.75) is 6.61 Å². The first-order valence-corrected chi connectivity index (χ1v) is 6.63. The van der Waals surface area contributed by atoms with E-state index in [9.17, 15) is 5.11 Å². The SMILES string of the molecule is Oc1cccc2nc(COc3cc(Cl)cc(Cl)c3)[nH]c12. The van der Waals surface area contributed by atoms with E-state index < -0.39 is 0 Å². The van der Waals surface area contributed by atoms with Gasteiger partial charge >= 0.3 is 0 Å². The molecule has 0 radical (unpaired) electrons. The van der Waals surface area contributed by atoms with E-state index in [2.05, 4.69) is 9.97 Å². The monoisotopic (exact) mass is 308 g/mol. The van der Waals surface area contributed by atoms with E-state index in [1.54, 1.807) is 30.3 Å². The van der Waals surface area contributed by atoms with Crippen LogP contribution >= 0.6 is 23.2 Å². The molecule has 0 fully saturated rings. The number of nitrogens with zero attached hydrogens (tertiary/aromatic N) is 1. The van der Waals surface area contributed by atoms with E-state index in [0.717, 1.165) is 0 Å². The maximum absolute atomic E-state index is 9.70. The van der Waals surface area contributed by atoms with Crippen LogP contribution in [0.15, 0.2) is 36.4 Å². The van der Waals surface area contributed by atoms with Gasteiger partial charge in [-0.1, -0.05) is 29.3 Å². The molecular formula is C14H10Cl2N2O2. The van der Waals surface area contributed by atoms with Crippen molar-refractivity contribution < 1.29 is 9.84 Å². The number of nitrogens with one attached hydrogen (secondary N) is 1. The second kappa shape index (κ2) is 5.23. The summed E-state index contributed by atoms with van der Waals surface area (Å²) >= 11 is 11.8. The van der Waals surface area contributed by atoms with Gasteiger partial charge in [0.1, 0.15) is 29.4 Å². The van der Waals surface area contributed by atoms with Gasteiger partial charge in [0.2, 0.25) is 0 Å². The summed E-state index contributed by atoms with van der Waals surface area (Å²) in [7, 11) is 0. The van der Waals surface area contributed by atoms with Crippen LogP contribution in [-0.2, 0) is 6.61 Å². The van der Waals surface area contributed by atoms with Gasteiger partial charge in [-0.25, -0.2) is 4.98 Å². The van der Waals surface area contributed by atoms with Gasteiger partial charge in [0.15, 0.2) is 0 Å². The lowest BCUT2D eigenvalue weighted by molar-refractivity contribution is 0.297. The molecule has 0 aliphatic heterocycles. The molecule has 0 aliphatic carbocycles. The molecule has 0 bridgehead atoms. The van der Waals surface area contributed by atoms with Crippen molar-refractivity contribution in [3.63, 3.8) is 0 Å². The second-order valence-corrected chi connectivity index (χ2v) is 5.12. The number of aromatic amines is 1. The van der Waals surface area contributed by atoms with Gasteiger partial charge in [-0.05, 0) is 30.3 Å². The molecule has 4 nitrogen and oxygen atoms in total. The zero-order valence-electron chi connectivity index (χ0n) is 10.2. The van der Waals surface area contributed by atoms with Crippen molar-refractivity contribution in [3.05, 3.63) is 52.3 Å². The summed E-state index contributed by atoms with van der Waals surface area (Å²) in [6, 6.07) is 10.1. The summed E-state index contributed by atoms with van der Waals surface area (Å²) in [4.78, 5) is 7.34. The number of para-hydroxylation sites is 1. The quantitative estimate of drug-likeness (QED) is 0.764. The van der Waals surface area contributed by atoms with E-state index in [1.165, 1.54) is 0 Å². The standard InChI is InChI=1S/C14H10Cl2N2O2/c15-8-4-9(16)6-10(5-8)20-7-13-17-11-2-1-3-12(19)14(11)18-13/h1-6,19H,7H2,(H,17,18). The Morgan fingerprint density at radius 2 is 1.90 bits per heavy atom. The van der Waals surface area contributed by atoms with E-state index in [1.807, 2.05) is 6.07 Å². The lowest BCUT2D eigenvalue weighted by atomic mass is 10.3. The van der Waals surface area contributed by atoms with Gasteiger partial charge in [0.05, 0.1) is 5.52 Å². The molecule has 0 spiro atoms. The maximum Gasteiger partial charge on any atom is 0.146 e. The summed E-state index contributed by atoms with van der Waals surface area (Å²) in [6.45, 7) is 0.227. The van der Waals surface area contributed by atoms with Crippen LogP contribution < -0.4 is 4.74 Å². The van der Waals surface area contributed by atoms with E-state index in [-0.39, 0.29) is 12.4 Å². The molecule has 0 aliphatic rings. The number of imidazole rings is 1. The number of phenolic OH excluding ortho intramolecular Hbond substituents is 1. The number of ether oxygens (including phenoxy) is 1. The number of H-pyrrole nitrogens is 1. The van der Waals surface area contributed by atoms with Crippen molar-refractivity contribution in [1.29, 1.82) is 0 Å². The first kappa shape index (κ1) is 13.1. The first-order chi connectivity index (χ1) is 9.61. The highest BCUT2D eigenvalue weighted by Crippen LogP contribution is 2.25. The Labute approximate surface area is 124 Å². The molecule has 3 aromatic rings. The third kappa shape index (κ3) is 2.66. The normalized spacial score (nSPS) is 10.9. The molecule has 1 aromatic heterocycles. The van der Waals surface area contributed by atoms with Gasteiger partial charge < -0.3 is 14.8 Å². The highest BCUT2D eigenvalue weighted by atomic mass is 35.5.